The van der Waals surface area contributed by atoms with Gasteiger partial charge in [-0.2, -0.15) is 0 Å². The van der Waals surface area contributed by atoms with Crippen LogP contribution < -0.4 is 4.74 Å². The molecule has 1 heterocycles. The third-order valence-electron chi connectivity index (χ3n) is 2.18. The maximum atomic E-state index is 10.6. The van der Waals surface area contributed by atoms with Crippen LogP contribution in [0.1, 0.15) is 16.1 Å². The number of ether oxygens (including phenoxy) is 1. The first-order chi connectivity index (χ1) is 8.15. The molecule has 0 atom stereocenters. The zero-order valence-electron chi connectivity index (χ0n) is 9.25. The molecule has 0 spiro atoms. The van der Waals surface area contributed by atoms with E-state index in [0.717, 1.165) is 5.56 Å². The van der Waals surface area contributed by atoms with Crippen LogP contribution >= 0.6 is 0 Å². The maximum Gasteiger partial charge on any atom is 0.354 e. The van der Waals surface area contributed by atoms with Crippen LogP contribution in [0.4, 0.5) is 0 Å². The highest BCUT2D eigenvalue weighted by Gasteiger charge is 2.04. The van der Waals surface area contributed by atoms with Crippen LogP contribution in [0.25, 0.3) is 0 Å². The summed E-state index contributed by atoms with van der Waals surface area (Å²) >= 11 is 0. The number of rotatable bonds is 3. The first kappa shape index (κ1) is 11.1. The van der Waals surface area contributed by atoms with Gasteiger partial charge in [0, 0.05) is 0 Å². The highest BCUT2D eigenvalue weighted by molar-refractivity contribution is 5.85. The van der Waals surface area contributed by atoms with Crippen molar-refractivity contribution in [3.05, 3.63) is 53.9 Å². The largest absolute Gasteiger partial charge is 0.477 e. The van der Waals surface area contributed by atoms with E-state index in [-0.39, 0.29) is 5.69 Å². The number of aromatic nitrogens is 1. The molecule has 0 aliphatic heterocycles. The minimum atomic E-state index is -1.05. The second kappa shape index (κ2) is 4.65. The molecule has 0 aliphatic rings. The number of aromatic carboxylic acids is 1. The van der Waals surface area contributed by atoms with E-state index in [2.05, 4.69) is 4.98 Å². The fraction of sp³-hybridized carbons (Fsp3) is 0.0769. The predicted octanol–water partition coefficient (Wildman–Crippen LogP) is 2.88. The second-order valence-corrected chi connectivity index (χ2v) is 3.60. The third kappa shape index (κ3) is 2.81. The molecule has 1 aromatic carbocycles. The molecular formula is C13H11NO3. The molecular weight excluding hydrogens is 218 g/mol. The Balaban J connectivity index is 2.16. The topological polar surface area (TPSA) is 59.4 Å². The van der Waals surface area contributed by atoms with Crippen LogP contribution in [0.5, 0.6) is 11.5 Å². The van der Waals surface area contributed by atoms with Gasteiger partial charge in [-0.25, -0.2) is 9.78 Å². The standard InChI is InChI=1S/C13H11NO3/c1-9-3-2-4-10(7-9)17-11-5-6-12(13(15)16)14-8-11/h2-8H,1H3,(H,15,16). The average Bonchev–Trinajstić information content (AvgIpc) is 2.29. The lowest BCUT2D eigenvalue weighted by molar-refractivity contribution is 0.0690. The number of carboxylic acids is 1. The Labute approximate surface area is 98.5 Å². The zero-order valence-corrected chi connectivity index (χ0v) is 9.25. The lowest BCUT2D eigenvalue weighted by atomic mass is 10.2. The molecule has 0 amide bonds. The van der Waals surface area contributed by atoms with Crippen molar-refractivity contribution in [3.8, 4) is 11.5 Å². The average molecular weight is 229 g/mol. The van der Waals surface area contributed by atoms with E-state index in [9.17, 15) is 4.79 Å². The Hall–Kier alpha value is -2.36. The normalized spacial score (nSPS) is 9.94. The molecule has 17 heavy (non-hydrogen) atoms. The van der Waals surface area contributed by atoms with Gasteiger partial charge >= 0.3 is 5.97 Å². The molecule has 0 fully saturated rings. The van der Waals surface area contributed by atoms with Crippen LogP contribution in [0.3, 0.4) is 0 Å². The van der Waals surface area contributed by atoms with Gasteiger partial charge in [0.25, 0.3) is 0 Å². The van der Waals surface area contributed by atoms with Crippen LogP contribution in [0, 0.1) is 6.92 Å². The van der Waals surface area contributed by atoms with E-state index in [1.807, 2.05) is 31.2 Å². The Bertz CT molecular complexity index is 535. The molecule has 1 aromatic heterocycles. The minimum Gasteiger partial charge on any atom is -0.477 e. The van der Waals surface area contributed by atoms with Gasteiger partial charge in [0.1, 0.15) is 17.2 Å². The highest BCUT2D eigenvalue weighted by Crippen LogP contribution is 2.21. The summed E-state index contributed by atoms with van der Waals surface area (Å²) in [6, 6.07) is 10.6. The van der Waals surface area contributed by atoms with Crippen molar-refractivity contribution in [2.75, 3.05) is 0 Å². The summed E-state index contributed by atoms with van der Waals surface area (Å²) in [5.41, 5.74) is 1.10. The monoisotopic (exact) mass is 229 g/mol. The number of nitrogens with zero attached hydrogens (tertiary/aromatic N) is 1. The number of hydrogen-bond donors (Lipinski definition) is 1. The lowest BCUT2D eigenvalue weighted by Crippen LogP contribution is -1.99. The Kier molecular flexibility index (Phi) is 3.05. The van der Waals surface area contributed by atoms with Gasteiger partial charge in [-0.15, -0.1) is 0 Å². The van der Waals surface area contributed by atoms with Crippen molar-refractivity contribution in [2.24, 2.45) is 0 Å². The van der Waals surface area contributed by atoms with E-state index >= 15 is 0 Å². The molecule has 2 rings (SSSR count). The van der Waals surface area contributed by atoms with Crippen molar-refractivity contribution in [3.63, 3.8) is 0 Å². The van der Waals surface area contributed by atoms with Crippen LogP contribution in [0.15, 0.2) is 42.6 Å². The lowest BCUT2D eigenvalue weighted by Gasteiger charge is -2.05. The number of hydrogen-bond acceptors (Lipinski definition) is 3. The van der Waals surface area contributed by atoms with Gasteiger partial charge in [-0.1, -0.05) is 12.1 Å². The van der Waals surface area contributed by atoms with Crippen molar-refractivity contribution in [1.29, 1.82) is 0 Å². The molecule has 0 radical (unpaired) electrons. The molecule has 4 nitrogen and oxygen atoms in total. The Morgan fingerprint density at radius 3 is 2.65 bits per heavy atom. The van der Waals surface area contributed by atoms with E-state index < -0.39 is 5.97 Å². The summed E-state index contributed by atoms with van der Waals surface area (Å²) in [5, 5.41) is 8.70. The number of pyridine rings is 1. The number of carbonyl (C=O) groups is 1. The van der Waals surface area contributed by atoms with Crippen LogP contribution in [0.2, 0.25) is 0 Å². The number of benzene rings is 1. The number of carboxylic acid groups (broad SMARTS) is 1. The molecule has 0 bridgehead atoms. The smallest absolute Gasteiger partial charge is 0.354 e. The first-order valence-corrected chi connectivity index (χ1v) is 5.09. The molecule has 0 saturated heterocycles. The zero-order chi connectivity index (χ0) is 12.3. The molecule has 0 aliphatic carbocycles. The van der Waals surface area contributed by atoms with Gasteiger partial charge in [0.05, 0.1) is 6.20 Å². The fourth-order valence-electron chi connectivity index (χ4n) is 1.38. The fourth-order valence-corrected chi connectivity index (χ4v) is 1.38. The molecule has 1 N–H and O–H groups in total. The molecule has 2 aromatic rings. The second-order valence-electron chi connectivity index (χ2n) is 3.60. The Morgan fingerprint density at radius 2 is 2.06 bits per heavy atom. The number of aryl methyl sites for hydroxylation is 1. The highest BCUT2D eigenvalue weighted by atomic mass is 16.5. The van der Waals surface area contributed by atoms with Crippen molar-refractivity contribution in [2.45, 2.75) is 6.92 Å². The molecule has 86 valence electrons. The molecule has 4 heteroatoms. The summed E-state index contributed by atoms with van der Waals surface area (Å²) < 4.78 is 5.54. The third-order valence-corrected chi connectivity index (χ3v) is 2.18. The van der Waals surface area contributed by atoms with Crippen molar-refractivity contribution in [1.82, 2.24) is 4.98 Å². The van der Waals surface area contributed by atoms with Gasteiger partial charge in [-0.05, 0) is 36.8 Å². The van der Waals surface area contributed by atoms with Crippen molar-refractivity contribution >= 4 is 5.97 Å². The SMILES string of the molecule is Cc1cccc(Oc2ccc(C(=O)O)nc2)c1. The van der Waals surface area contributed by atoms with Crippen LogP contribution in [-0.4, -0.2) is 16.1 Å². The van der Waals surface area contributed by atoms with Crippen LogP contribution in [-0.2, 0) is 0 Å². The van der Waals surface area contributed by atoms with E-state index in [4.69, 9.17) is 9.84 Å². The summed E-state index contributed by atoms with van der Waals surface area (Å²) in [6.45, 7) is 1.97. The van der Waals surface area contributed by atoms with Gasteiger partial charge < -0.3 is 9.84 Å². The van der Waals surface area contributed by atoms with Crippen molar-refractivity contribution < 1.29 is 14.6 Å². The Morgan fingerprint density at radius 1 is 1.24 bits per heavy atom. The molecule has 0 unspecified atom stereocenters. The summed E-state index contributed by atoms with van der Waals surface area (Å²) in [7, 11) is 0. The van der Waals surface area contributed by atoms with E-state index in [1.54, 1.807) is 6.07 Å². The quantitative estimate of drug-likeness (QED) is 0.879. The summed E-state index contributed by atoms with van der Waals surface area (Å²) in [4.78, 5) is 14.4. The summed E-state index contributed by atoms with van der Waals surface area (Å²) in [5.74, 6) is 0.169. The van der Waals surface area contributed by atoms with Gasteiger partial charge in [-0.3, -0.25) is 0 Å². The van der Waals surface area contributed by atoms with Gasteiger partial charge in [0.15, 0.2) is 0 Å². The maximum absolute atomic E-state index is 10.6. The predicted molar refractivity (Wildman–Crippen MR) is 62.4 cm³/mol. The van der Waals surface area contributed by atoms with E-state index in [1.165, 1.54) is 12.3 Å². The minimum absolute atomic E-state index is 0.00147. The van der Waals surface area contributed by atoms with Gasteiger partial charge in [0.2, 0.25) is 0 Å². The molecule has 0 saturated carbocycles. The van der Waals surface area contributed by atoms with E-state index in [0.29, 0.717) is 11.5 Å². The summed E-state index contributed by atoms with van der Waals surface area (Å²) in [6.07, 6.45) is 1.39. The first-order valence-electron chi connectivity index (χ1n) is 5.09.